The van der Waals surface area contributed by atoms with Crippen LogP contribution in [-0.4, -0.2) is 19.3 Å². The van der Waals surface area contributed by atoms with Gasteiger partial charge in [-0.2, -0.15) is 0 Å². The van der Waals surface area contributed by atoms with Gasteiger partial charge in [-0.05, 0) is 49.7 Å². The van der Waals surface area contributed by atoms with Gasteiger partial charge in [0.1, 0.15) is 0 Å². The summed E-state index contributed by atoms with van der Waals surface area (Å²) in [7, 11) is -3.83. The van der Waals surface area contributed by atoms with Gasteiger partial charge in [0.25, 0.3) is 15.9 Å². The van der Waals surface area contributed by atoms with Crippen molar-refractivity contribution in [2.24, 2.45) is 0 Å². The normalized spacial score (nSPS) is 11.4. The van der Waals surface area contributed by atoms with E-state index in [-0.39, 0.29) is 16.1 Å². The molecule has 8 heteroatoms. The zero-order valence-corrected chi connectivity index (χ0v) is 18.0. The number of amides is 1. The Balaban J connectivity index is 1.61. The molecule has 0 aliphatic carbocycles. The minimum absolute atomic E-state index is 0.130. The number of sulfonamides is 1. The van der Waals surface area contributed by atoms with Gasteiger partial charge in [-0.1, -0.05) is 53.3 Å². The minimum Gasteiger partial charge on any atom is -0.298 e. The van der Waals surface area contributed by atoms with Gasteiger partial charge in [0.15, 0.2) is 5.13 Å². The van der Waals surface area contributed by atoms with Crippen LogP contribution in [0.25, 0.3) is 10.2 Å². The molecule has 0 aliphatic rings. The van der Waals surface area contributed by atoms with E-state index in [1.165, 1.54) is 23.5 Å². The van der Waals surface area contributed by atoms with E-state index >= 15 is 0 Å². The summed E-state index contributed by atoms with van der Waals surface area (Å²) in [6.07, 6.45) is 0. The largest absolute Gasteiger partial charge is 0.298 e. The second-order valence-corrected chi connectivity index (χ2v) is 9.57. The molecule has 2 N–H and O–H groups in total. The van der Waals surface area contributed by atoms with Gasteiger partial charge in [-0.3, -0.25) is 14.8 Å². The maximum absolute atomic E-state index is 12.9. The van der Waals surface area contributed by atoms with E-state index in [9.17, 15) is 13.2 Å². The van der Waals surface area contributed by atoms with E-state index in [4.69, 9.17) is 0 Å². The van der Waals surface area contributed by atoms with Crippen LogP contribution in [0.3, 0.4) is 0 Å². The third-order valence-corrected chi connectivity index (χ3v) is 6.91. The highest BCUT2D eigenvalue weighted by atomic mass is 32.2. The van der Waals surface area contributed by atoms with Crippen molar-refractivity contribution in [3.05, 3.63) is 83.4 Å². The molecule has 4 rings (SSSR count). The number of anilines is 2. The molecule has 1 aromatic heterocycles. The van der Waals surface area contributed by atoms with Crippen LogP contribution in [0.4, 0.5) is 10.8 Å². The highest BCUT2D eigenvalue weighted by Gasteiger charge is 2.19. The summed E-state index contributed by atoms with van der Waals surface area (Å²) in [6.45, 7) is 3.84. The number of nitrogens with zero attached hydrogens (tertiary/aromatic N) is 1. The first kappa shape index (κ1) is 20.1. The predicted molar refractivity (Wildman–Crippen MR) is 121 cm³/mol. The predicted octanol–water partition coefficient (Wildman–Crippen LogP) is 4.97. The van der Waals surface area contributed by atoms with Crippen LogP contribution >= 0.6 is 11.3 Å². The van der Waals surface area contributed by atoms with Gasteiger partial charge in [0.05, 0.1) is 26.4 Å². The molecule has 0 atom stereocenters. The Morgan fingerprint density at radius 2 is 1.67 bits per heavy atom. The van der Waals surface area contributed by atoms with Gasteiger partial charge in [-0.25, -0.2) is 13.4 Å². The molecule has 0 saturated carbocycles. The zero-order valence-electron chi connectivity index (χ0n) is 16.3. The van der Waals surface area contributed by atoms with Crippen LogP contribution in [0.5, 0.6) is 0 Å². The third-order valence-electron chi connectivity index (χ3n) is 4.59. The van der Waals surface area contributed by atoms with Gasteiger partial charge >= 0.3 is 0 Å². The lowest BCUT2D eigenvalue weighted by atomic mass is 10.2. The molecule has 0 fully saturated rings. The minimum atomic E-state index is -3.83. The summed E-state index contributed by atoms with van der Waals surface area (Å²) in [5, 5.41) is 3.24. The molecule has 0 saturated heterocycles. The van der Waals surface area contributed by atoms with Crippen LogP contribution in [-0.2, 0) is 10.0 Å². The molecular formula is C22H19N3O3S2. The number of nitrogens with one attached hydrogen (secondary N) is 2. The van der Waals surface area contributed by atoms with E-state index in [1.807, 2.05) is 32.0 Å². The second-order valence-electron chi connectivity index (χ2n) is 6.86. The molecule has 1 heterocycles. The Morgan fingerprint density at radius 3 is 2.40 bits per heavy atom. The maximum atomic E-state index is 12.9. The number of hydrogen-bond acceptors (Lipinski definition) is 5. The quantitative estimate of drug-likeness (QED) is 0.462. The van der Waals surface area contributed by atoms with Crippen LogP contribution in [0, 0.1) is 13.8 Å². The lowest BCUT2D eigenvalue weighted by Crippen LogP contribution is -2.18. The van der Waals surface area contributed by atoms with E-state index in [2.05, 4.69) is 15.0 Å². The number of para-hydroxylation sites is 2. The number of carbonyl (C=O) groups excluding carboxylic acids is 1. The summed E-state index contributed by atoms with van der Waals surface area (Å²) in [5.74, 6) is -0.436. The molecule has 1 amide bonds. The van der Waals surface area contributed by atoms with Crippen molar-refractivity contribution in [2.45, 2.75) is 18.7 Å². The van der Waals surface area contributed by atoms with Crippen molar-refractivity contribution in [3.63, 3.8) is 0 Å². The Labute approximate surface area is 178 Å². The SMILES string of the molecule is Cc1ccc(S(=O)(=O)Nc2ccccc2C(=O)Nc2nc3c(C)cccc3s2)cc1. The molecule has 0 unspecified atom stereocenters. The lowest BCUT2D eigenvalue weighted by Gasteiger charge is -2.12. The van der Waals surface area contributed by atoms with Crippen LogP contribution in [0.1, 0.15) is 21.5 Å². The van der Waals surface area contributed by atoms with E-state index in [0.29, 0.717) is 5.13 Å². The smallest absolute Gasteiger partial charge is 0.261 e. The standard InChI is InChI=1S/C22H19N3O3S2/c1-14-10-12-16(13-11-14)30(27,28)25-18-8-4-3-7-17(18)21(26)24-22-23-20-15(2)6-5-9-19(20)29-22/h3-13,25H,1-2H3,(H,23,24,26). The number of aromatic nitrogens is 1. The van der Waals surface area contributed by atoms with Crippen molar-refractivity contribution in [1.29, 1.82) is 0 Å². The number of aryl methyl sites for hydroxylation is 2. The Bertz CT molecular complexity index is 1340. The van der Waals surface area contributed by atoms with Crippen LogP contribution < -0.4 is 10.0 Å². The summed E-state index contributed by atoms with van der Waals surface area (Å²) >= 11 is 1.37. The highest BCUT2D eigenvalue weighted by molar-refractivity contribution is 7.92. The first-order valence-corrected chi connectivity index (χ1v) is 11.5. The Kier molecular flexibility index (Phi) is 5.27. The third kappa shape index (κ3) is 4.05. The van der Waals surface area contributed by atoms with E-state index in [0.717, 1.165) is 21.3 Å². The zero-order chi connectivity index (χ0) is 21.3. The second kappa shape index (κ2) is 7.89. The van der Waals surface area contributed by atoms with Crippen LogP contribution in [0.15, 0.2) is 71.6 Å². The van der Waals surface area contributed by atoms with E-state index in [1.54, 1.807) is 36.4 Å². The summed E-state index contributed by atoms with van der Waals surface area (Å²) < 4.78 is 29.0. The van der Waals surface area contributed by atoms with Gasteiger partial charge in [0.2, 0.25) is 0 Å². The molecule has 0 aliphatic heterocycles. The highest BCUT2D eigenvalue weighted by Crippen LogP contribution is 2.29. The summed E-state index contributed by atoms with van der Waals surface area (Å²) in [5.41, 5.74) is 3.23. The lowest BCUT2D eigenvalue weighted by molar-refractivity contribution is 0.102. The summed E-state index contributed by atoms with van der Waals surface area (Å²) in [4.78, 5) is 17.5. The molecule has 152 valence electrons. The Hall–Kier alpha value is -3.23. The fourth-order valence-electron chi connectivity index (χ4n) is 3.00. The average Bonchev–Trinajstić information content (AvgIpc) is 3.12. The first-order chi connectivity index (χ1) is 14.3. The van der Waals surface area contributed by atoms with E-state index < -0.39 is 15.9 Å². The number of carbonyl (C=O) groups is 1. The number of rotatable bonds is 5. The number of benzene rings is 3. The first-order valence-electron chi connectivity index (χ1n) is 9.19. The van der Waals surface area contributed by atoms with Gasteiger partial charge < -0.3 is 0 Å². The van der Waals surface area contributed by atoms with Gasteiger partial charge in [-0.15, -0.1) is 0 Å². The van der Waals surface area contributed by atoms with Crippen molar-refractivity contribution in [3.8, 4) is 0 Å². The topological polar surface area (TPSA) is 88.2 Å². The number of fused-ring (bicyclic) bond motifs is 1. The molecule has 0 spiro atoms. The molecule has 3 aromatic carbocycles. The average molecular weight is 438 g/mol. The summed E-state index contributed by atoms with van der Waals surface area (Å²) in [6, 6.07) is 18.8. The molecule has 4 aromatic rings. The monoisotopic (exact) mass is 437 g/mol. The van der Waals surface area contributed by atoms with Crippen molar-refractivity contribution < 1.29 is 13.2 Å². The van der Waals surface area contributed by atoms with Gasteiger partial charge in [0, 0.05) is 0 Å². The molecule has 0 bridgehead atoms. The molecule has 0 radical (unpaired) electrons. The van der Waals surface area contributed by atoms with Crippen molar-refractivity contribution in [2.75, 3.05) is 10.0 Å². The molecule has 6 nitrogen and oxygen atoms in total. The Morgan fingerprint density at radius 1 is 0.933 bits per heavy atom. The molecule has 30 heavy (non-hydrogen) atoms. The van der Waals surface area contributed by atoms with Crippen molar-refractivity contribution >= 4 is 48.3 Å². The van der Waals surface area contributed by atoms with Crippen LogP contribution in [0.2, 0.25) is 0 Å². The number of thiazole rings is 1. The van der Waals surface area contributed by atoms with Crippen molar-refractivity contribution in [1.82, 2.24) is 4.98 Å². The maximum Gasteiger partial charge on any atom is 0.261 e. The fourth-order valence-corrected chi connectivity index (χ4v) is 5.01. The number of hydrogen-bond donors (Lipinski definition) is 2. The molecular weight excluding hydrogens is 418 g/mol. The fraction of sp³-hybridized carbons (Fsp3) is 0.0909.